The third kappa shape index (κ3) is 7.44. The average molecular weight is 477 g/mol. The molecule has 2 amide bonds. The minimum absolute atomic E-state index is 0.0547. The van der Waals surface area contributed by atoms with Crippen molar-refractivity contribution < 1.29 is 14.3 Å². The fraction of sp³-hybridized carbons (Fsp3) is 0.393. The number of amides is 2. The average Bonchev–Trinajstić information content (AvgIpc) is 3.25. The molecule has 3 aromatic rings. The predicted molar refractivity (Wildman–Crippen MR) is 139 cm³/mol. The molecule has 0 spiro atoms. The SMILES string of the molecule is CCCCN(CC(=O)Nc1cc(C(C)(C)C)nn1-c1ccc(C)cc1)C(=O)COc1ccccc1. The van der Waals surface area contributed by atoms with Crippen LogP contribution in [0.1, 0.15) is 51.8 Å². The Kier molecular flexibility index (Phi) is 8.68. The van der Waals surface area contributed by atoms with E-state index in [1.165, 1.54) is 0 Å². The molecule has 7 nitrogen and oxygen atoms in total. The number of aryl methyl sites for hydroxylation is 1. The van der Waals surface area contributed by atoms with Crippen LogP contribution in [-0.4, -0.2) is 46.2 Å². The number of carbonyl (C=O) groups is 2. The first kappa shape index (κ1) is 26.0. The molecule has 0 aliphatic rings. The number of para-hydroxylation sites is 1. The number of nitrogens with zero attached hydrogens (tertiary/aromatic N) is 3. The van der Waals surface area contributed by atoms with Crippen molar-refractivity contribution in [3.05, 3.63) is 71.9 Å². The third-order valence-electron chi connectivity index (χ3n) is 5.60. The van der Waals surface area contributed by atoms with Crippen molar-refractivity contribution in [2.45, 2.75) is 52.9 Å². The fourth-order valence-corrected chi connectivity index (χ4v) is 3.47. The highest BCUT2D eigenvalue weighted by atomic mass is 16.5. The second-order valence-electron chi connectivity index (χ2n) is 9.73. The summed E-state index contributed by atoms with van der Waals surface area (Å²) >= 11 is 0. The molecule has 186 valence electrons. The minimum Gasteiger partial charge on any atom is -0.484 e. The number of ether oxygens (including phenoxy) is 1. The summed E-state index contributed by atoms with van der Waals surface area (Å²) in [5, 5.41) is 7.74. The van der Waals surface area contributed by atoms with Gasteiger partial charge in [-0.25, -0.2) is 4.68 Å². The van der Waals surface area contributed by atoms with Gasteiger partial charge in [-0.1, -0.05) is 70.0 Å². The zero-order chi connectivity index (χ0) is 25.4. The second kappa shape index (κ2) is 11.7. The lowest BCUT2D eigenvalue weighted by molar-refractivity contribution is -0.136. The van der Waals surface area contributed by atoms with Gasteiger partial charge in [0.05, 0.1) is 11.4 Å². The lowest BCUT2D eigenvalue weighted by atomic mass is 9.92. The van der Waals surface area contributed by atoms with Crippen molar-refractivity contribution in [3.8, 4) is 11.4 Å². The summed E-state index contributed by atoms with van der Waals surface area (Å²) in [6, 6.07) is 19.1. The van der Waals surface area contributed by atoms with Crippen molar-refractivity contribution in [3.63, 3.8) is 0 Å². The summed E-state index contributed by atoms with van der Waals surface area (Å²) < 4.78 is 7.36. The molecule has 0 aliphatic carbocycles. The Hall–Kier alpha value is -3.61. The zero-order valence-electron chi connectivity index (χ0n) is 21.4. The molecular formula is C28H36N4O3. The molecule has 1 aromatic heterocycles. The van der Waals surface area contributed by atoms with Crippen molar-refractivity contribution in [2.24, 2.45) is 0 Å². The molecule has 1 N–H and O–H groups in total. The predicted octanol–water partition coefficient (Wildman–Crippen LogP) is 5.12. The summed E-state index contributed by atoms with van der Waals surface area (Å²) in [7, 11) is 0. The second-order valence-corrected chi connectivity index (χ2v) is 9.73. The number of anilines is 1. The zero-order valence-corrected chi connectivity index (χ0v) is 21.4. The molecule has 0 saturated carbocycles. The van der Waals surface area contributed by atoms with E-state index in [0.717, 1.165) is 29.8 Å². The highest BCUT2D eigenvalue weighted by Crippen LogP contribution is 2.26. The molecule has 35 heavy (non-hydrogen) atoms. The van der Waals surface area contributed by atoms with Gasteiger partial charge < -0.3 is 15.0 Å². The first-order valence-electron chi connectivity index (χ1n) is 12.1. The molecule has 0 unspecified atom stereocenters. The summed E-state index contributed by atoms with van der Waals surface area (Å²) in [5.41, 5.74) is 2.68. The smallest absolute Gasteiger partial charge is 0.260 e. The maximum Gasteiger partial charge on any atom is 0.260 e. The van der Waals surface area contributed by atoms with E-state index in [2.05, 4.69) is 33.0 Å². The Labute approximate surface area is 208 Å². The van der Waals surface area contributed by atoms with Gasteiger partial charge in [0, 0.05) is 18.0 Å². The van der Waals surface area contributed by atoms with Crippen LogP contribution >= 0.6 is 0 Å². The van der Waals surface area contributed by atoms with Crippen molar-refractivity contribution in [2.75, 3.05) is 25.0 Å². The van der Waals surface area contributed by atoms with E-state index in [1.54, 1.807) is 21.7 Å². The maximum atomic E-state index is 13.1. The number of nitrogens with one attached hydrogen (secondary N) is 1. The number of benzene rings is 2. The molecule has 0 fully saturated rings. The third-order valence-corrected chi connectivity index (χ3v) is 5.60. The topological polar surface area (TPSA) is 76.5 Å². The van der Waals surface area contributed by atoms with E-state index in [1.807, 2.05) is 55.5 Å². The summed E-state index contributed by atoms with van der Waals surface area (Å²) in [4.78, 5) is 27.5. The van der Waals surface area contributed by atoms with Gasteiger partial charge in [0.2, 0.25) is 5.91 Å². The quantitative estimate of drug-likeness (QED) is 0.440. The highest BCUT2D eigenvalue weighted by Gasteiger charge is 2.23. The van der Waals surface area contributed by atoms with Gasteiger partial charge in [-0.15, -0.1) is 0 Å². The van der Waals surface area contributed by atoms with Crippen molar-refractivity contribution in [1.82, 2.24) is 14.7 Å². The lowest BCUT2D eigenvalue weighted by Crippen LogP contribution is -2.41. The molecule has 0 atom stereocenters. The molecule has 0 radical (unpaired) electrons. The number of aromatic nitrogens is 2. The summed E-state index contributed by atoms with van der Waals surface area (Å²) in [5.74, 6) is 0.701. The van der Waals surface area contributed by atoms with Crippen molar-refractivity contribution in [1.29, 1.82) is 0 Å². The Balaban J connectivity index is 1.75. The van der Waals surface area contributed by atoms with Gasteiger partial charge in [-0.2, -0.15) is 5.10 Å². The van der Waals surface area contributed by atoms with Crippen molar-refractivity contribution >= 4 is 17.6 Å². The Morgan fingerprint density at radius 1 is 1.06 bits per heavy atom. The largest absolute Gasteiger partial charge is 0.484 e. The van der Waals surface area contributed by atoms with Crippen LogP contribution in [0.3, 0.4) is 0 Å². The van der Waals surface area contributed by atoms with Gasteiger partial charge in [-0.3, -0.25) is 9.59 Å². The van der Waals surface area contributed by atoms with Crippen LogP contribution in [0.15, 0.2) is 60.7 Å². The Bertz CT molecular complexity index is 1120. The molecule has 1 heterocycles. The Morgan fingerprint density at radius 3 is 2.37 bits per heavy atom. The lowest BCUT2D eigenvalue weighted by Gasteiger charge is -2.22. The van der Waals surface area contributed by atoms with Gasteiger partial charge in [0.15, 0.2) is 6.61 Å². The number of hydrogen-bond acceptors (Lipinski definition) is 4. The Morgan fingerprint density at radius 2 is 1.74 bits per heavy atom. The number of carbonyl (C=O) groups excluding carboxylic acids is 2. The number of rotatable bonds is 10. The fourth-order valence-electron chi connectivity index (χ4n) is 3.47. The summed E-state index contributed by atoms with van der Waals surface area (Å²) in [6.45, 7) is 10.6. The minimum atomic E-state index is -0.275. The molecular weight excluding hydrogens is 440 g/mol. The number of hydrogen-bond donors (Lipinski definition) is 1. The standard InChI is InChI=1S/C28H36N4O3/c1-6-7-17-31(27(34)20-35-23-11-9-8-10-12-23)19-26(33)29-25-18-24(28(3,4)5)30-32(25)22-15-13-21(2)14-16-22/h8-16,18H,6-7,17,19-20H2,1-5H3,(H,29,33). The van der Waals surface area contributed by atoms with Crippen LogP contribution in [-0.2, 0) is 15.0 Å². The first-order chi connectivity index (χ1) is 16.7. The summed E-state index contributed by atoms with van der Waals surface area (Å²) in [6.07, 6.45) is 1.72. The van der Waals surface area contributed by atoms with Crippen LogP contribution in [0.4, 0.5) is 5.82 Å². The van der Waals surface area contributed by atoms with E-state index in [9.17, 15) is 9.59 Å². The van der Waals surface area contributed by atoms with E-state index in [4.69, 9.17) is 9.84 Å². The van der Waals surface area contributed by atoms with E-state index >= 15 is 0 Å². The number of unbranched alkanes of at least 4 members (excludes halogenated alkanes) is 1. The molecule has 2 aromatic carbocycles. The van der Waals surface area contributed by atoms with Gasteiger partial charge >= 0.3 is 0 Å². The normalized spacial score (nSPS) is 11.2. The molecule has 0 aliphatic heterocycles. The molecule has 7 heteroatoms. The van der Waals surface area contributed by atoms with Crippen LogP contribution in [0, 0.1) is 6.92 Å². The molecule has 3 rings (SSSR count). The van der Waals surface area contributed by atoms with Crippen LogP contribution in [0.2, 0.25) is 0 Å². The molecule has 0 saturated heterocycles. The van der Waals surface area contributed by atoms with Gasteiger partial charge in [-0.05, 0) is 37.6 Å². The van der Waals surface area contributed by atoms with Gasteiger partial charge in [0.25, 0.3) is 5.91 Å². The van der Waals surface area contributed by atoms with E-state index < -0.39 is 0 Å². The van der Waals surface area contributed by atoms with E-state index in [0.29, 0.717) is 18.1 Å². The highest BCUT2D eigenvalue weighted by molar-refractivity contribution is 5.94. The van der Waals surface area contributed by atoms with Crippen LogP contribution in [0.5, 0.6) is 5.75 Å². The monoisotopic (exact) mass is 476 g/mol. The van der Waals surface area contributed by atoms with E-state index in [-0.39, 0.29) is 30.4 Å². The van der Waals surface area contributed by atoms with Crippen LogP contribution in [0.25, 0.3) is 5.69 Å². The molecule has 0 bridgehead atoms. The first-order valence-corrected chi connectivity index (χ1v) is 12.1. The maximum absolute atomic E-state index is 13.1. The van der Waals surface area contributed by atoms with Crippen LogP contribution < -0.4 is 10.1 Å². The van der Waals surface area contributed by atoms with Gasteiger partial charge in [0.1, 0.15) is 18.1 Å².